The van der Waals surface area contributed by atoms with Crippen LogP contribution in [0, 0.1) is 5.82 Å². The summed E-state index contributed by atoms with van der Waals surface area (Å²) in [6, 6.07) is 19.1. The van der Waals surface area contributed by atoms with Crippen molar-refractivity contribution >= 4 is 29.6 Å². The van der Waals surface area contributed by atoms with Gasteiger partial charge in [-0.05, 0) is 47.0 Å². The number of carbonyl (C=O) groups excluding carboxylic acids is 3. The Morgan fingerprint density at radius 2 is 1.66 bits per heavy atom. The SMILES string of the molecule is COc1cc(/C=C2\C(=O)NC(=O)N(c3ccccc3)C2=O)ccc1Cc1ccccc1F. The first-order valence-electron chi connectivity index (χ1n) is 9.85. The van der Waals surface area contributed by atoms with Crippen molar-refractivity contribution in [2.45, 2.75) is 6.42 Å². The Morgan fingerprint density at radius 1 is 0.938 bits per heavy atom. The predicted octanol–water partition coefficient (Wildman–Crippen LogP) is 4.09. The lowest BCUT2D eigenvalue weighted by Crippen LogP contribution is -2.54. The molecule has 32 heavy (non-hydrogen) atoms. The van der Waals surface area contributed by atoms with E-state index in [0.717, 1.165) is 10.5 Å². The van der Waals surface area contributed by atoms with Crippen molar-refractivity contribution in [1.29, 1.82) is 0 Å². The van der Waals surface area contributed by atoms with Crippen LogP contribution in [-0.2, 0) is 16.0 Å². The molecule has 3 aromatic rings. The van der Waals surface area contributed by atoms with E-state index in [-0.39, 0.29) is 11.4 Å². The number of ether oxygens (including phenoxy) is 1. The first-order chi connectivity index (χ1) is 15.5. The number of urea groups is 1. The van der Waals surface area contributed by atoms with Crippen LogP contribution in [0.3, 0.4) is 0 Å². The van der Waals surface area contributed by atoms with E-state index in [1.165, 1.54) is 19.3 Å². The molecule has 1 aliphatic rings. The summed E-state index contributed by atoms with van der Waals surface area (Å²) in [7, 11) is 1.49. The van der Waals surface area contributed by atoms with E-state index in [9.17, 15) is 18.8 Å². The lowest BCUT2D eigenvalue weighted by atomic mass is 10.0. The van der Waals surface area contributed by atoms with Gasteiger partial charge < -0.3 is 4.74 Å². The second-order valence-corrected chi connectivity index (χ2v) is 7.13. The van der Waals surface area contributed by atoms with Gasteiger partial charge in [-0.3, -0.25) is 14.9 Å². The number of nitrogens with zero attached hydrogens (tertiary/aromatic N) is 1. The Bertz CT molecular complexity index is 1240. The van der Waals surface area contributed by atoms with Crippen LogP contribution in [0.1, 0.15) is 16.7 Å². The number of barbiturate groups is 1. The van der Waals surface area contributed by atoms with Gasteiger partial charge in [0.15, 0.2) is 0 Å². The largest absolute Gasteiger partial charge is 0.496 e. The minimum Gasteiger partial charge on any atom is -0.496 e. The van der Waals surface area contributed by atoms with Crippen LogP contribution in [0.4, 0.5) is 14.9 Å². The summed E-state index contributed by atoms with van der Waals surface area (Å²) in [5.74, 6) is -1.32. The van der Waals surface area contributed by atoms with Gasteiger partial charge >= 0.3 is 6.03 Å². The molecule has 0 aromatic heterocycles. The fourth-order valence-electron chi connectivity index (χ4n) is 3.48. The maximum Gasteiger partial charge on any atom is 0.335 e. The van der Waals surface area contributed by atoms with Gasteiger partial charge in [0, 0.05) is 6.42 Å². The van der Waals surface area contributed by atoms with Gasteiger partial charge in [-0.15, -0.1) is 0 Å². The van der Waals surface area contributed by atoms with E-state index in [2.05, 4.69) is 5.32 Å². The Kier molecular flexibility index (Phi) is 5.81. The number of methoxy groups -OCH3 is 1. The van der Waals surface area contributed by atoms with Crippen molar-refractivity contribution in [2.75, 3.05) is 12.0 Å². The zero-order valence-electron chi connectivity index (χ0n) is 17.2. The van der Waals surface area contributed by atoms with Crippen LogP contribution >= 0.6 is 0 Å². The molecule has 4 rings (SSSR count). The summed E-state index contributed by atoms with van der Waals surface area (Å²) in [6.07, 6.45) is 1.72. The molecule has 6 nitrogen and oxygen atoms in total. The van der Waals surface area contributed by atoms with Gasteiger partial charge in [-0.1, -0.05) is 48.5 Å². The molecule has 1 heterocycles. The maximum absolute atomic E-state index is 14.0. The van der Waals surface area contributed by atoms with Gasteiger partial charge in [0.1, 0.15) is 17.1 Å². The highest BCUT2D eigenvalue weighted by Gasteiger charge is 2.36. The smallest absolute Gasteiger partial charge is 0.335 e. The number of carbonyl (C=O) groups is 3. The van der Waals surface area contributed by atoms with Gasteiger partial charge in [-0.2, -0.15) is 0 Å². The zero-order chi connectivity index (χ0) is 22.7. The van der Waals surface area contributed by atoms with E-state index in [0.29, 0.717) is 29.0 Å². The molecule has 0 atom stereocenters. The quantitative estimate of drug-likeness (QED) is 0.489. The van der Waals surface area contributed by atoms with Crippen molar-refractivity contribution in [3.05, 3.63) is 101 Å². The van der Waals surface area contributed by atoms with Crippen LogP contribution in [0.25, 0.3) is 6.08 Å². The van der Waals surface area contributed by atoms with Gasteiger partial charge in [-0.25, -0.2) is 14.1 Å². The molecule has 0 unspecified atom stereocenters. The zero-order valence-corrected chi connectivity index (χ0v) is 17.2. The van der Waals surface area contributed by atoms with E-state index in [1.807, 2.05) is 0 Å². The van der Waals surface area contributed by atoms with Crippen molar-refractivity contribution in [3.8, 4) is 5.75 Å². The van der Waals surface area contributed by atoms with Crippen molar-refractivity contribution < 1.29 is 23.5 Å². The van der Waals surface area contributed by atoms with Crippen molar-refractivity contribution in [1.82, 2.24) is 5.32 Å². The first-order valence-corrected chi connectivity index (χ1v) is 9.85. The predicted molar refractivity (Wildman–Crippen MR) is 118 cm³/mol. The standard InChI is InChI=1S/C25H19FN2O4/c1-32-22-14-16(11-12-18(22)15-17-7-5-6-10-21(17)26)13-20-23(29)27-25(31)28(24(20)30)19-8-3-2-4-9-19/h2-14H,15H2,1H3,(H,27,29,31)/b20-13+. The summed E-state index contributed by atoms with van der Waals surface area (Å²) in [4.78, 5) is 38.5. The molecule has 1 fully saturated rings. The summed E-state index contributed by atoms with van der Waals surface area (Å²) >= 11 is 0. The maximum atomic E-state index is 14.0. The average molecular weight is 430 g/mol. The minimum absolute atomic E-state index is 0.183. The van der Waals surface area contributed by atoms with Crippen LogP contribution < -0.4 is 15.0 Å². The van der Waals surface area contributed by atoms with Gasteiger partial charge in [0.2, 0.25) is 0 Å². The van der Waals surface area contributed by atoms with E-state index >= 15 is 0 Å². The van der Waals surface area contributed by atoms with E-state index in [1.54, 1.807) is 66.7 Å². The molecule has 160 valence electrons. The third-order valence-electron chi connectivity index (χ3n) is 5.08. The normalized spacial score (nSPS) is 15.1. The third-order valence-corrected chi connectivity index (χ3v) is 5.08. The number of imide groups is 2. The highest BCUT2D eigenvalue weighted by Crippen LogP contribution is 2.27. The number of nitrogens with one attached hydrogen (secondary N) is 1. The average Bonchev–Trinajstić information content (AvgIpc) is 2.79. The van der Waals surface area contributed by atoms with Crippen molar-refractivity contribution in [2.24, 2.45) is 0 Å². The lowest BCUT2D eigenvalue weighted by Gasteiger charge is -2.26. The fraction of sp³-hybridized carbons (Fsp3) is 0.0800. The fourth-order valence-corrected chi connectivity index (χ4v) is 3.48. The van der Waals surface area contributed by atoms with Crippen LogP contribution in [0.15, 0.2) is 78.4 Å². The summed E-state index contributed by atoms with van der Waals surface area (Å²) in [5.41, 5.74) is 1.97. The number of rotatable bonds is 5. The summed E-state index contributed by atoms with van der Waals surface area (Å²) in [5, 5.41) is 2.19. The summed E-state index contributed by atoms with van der Waals surface area (Å²) in [6.45, 7) is 0. The molecule has 0 spiro atoms. The Balaban J connectivity index is 1.66. The second-order valence-electron chi connectivity index (χ2n) is 7.13. The number of halogens is 1. The number of para-hydroxylation sites is 1. The van der Waals surface area contributed by atoms with Crippen LogP contribution in [-0.4, -0.2) is 25.0 Å². The van der Waals surface area contributed by atoms with Gasteiger partial charge in [0.25, 0.3) is 11.8 Å². The monoisotopic (exact) mass is 430 g/mol. The molecule has 0 bridgehead atoms. The number of benzene rings is 3. The Morgan fingerprint density at radius 3 is 2.38 bits per heavy atom. The van der Waals surface area contributed by atoms with E-state index < -0.39 is 17.8 Å². The van der Waals surface area contributed by atoms with E-state index in [4.69, 9.17) is 4.74 Å². The number of amides is 4. The summed E-state index contributed by atoms with van der Waals surface area (Å²) < 4.78 is 19.5. The number of hydrogen-bond acceptors (Lipinski definition) is 4. The second kappa shape index (κ2) is 8.85. The van der Waals surface area contributed by atoms with Crippen molar-refractivity contribution in [3.63, 3.8) is 0 Å². The molecule has 0 aliphatic carbocycles. The molecule has 1 N–H and O–H groups in total. The first kappa shape index (κ1) is 21.0. The highest BCUT2D eigenvalue weighted by atomic mass is 19.1. The van der Waals surface area contributed by atoms with Gasteiger partial charge in [0.05, 0.1) is 12.8 Å². The Hall–Kier alpha value is -4.26. The lowest BCUT2D eigenvalue weighted by molar-refractivity contribution is -0.122. The molecule has 3 aromatic carbocycles. The Labute approximate surface area is 183 Å². The molecule has 1 aliphatic heterocycles. The molecular weight excluding hydrogens is 411 g/mol. The number of anilines is 1. The number of hydrogen-bond donors (Lipinski definition) is 1. The molecule has 4 amide bonds. The molecular formula is C25H19FN2O4. The van der Waals surface area contributed by atoms with Crippen LogP contribution in [0.5, 0.6) is 5.75 Å². The molecule has 0 saturated carbocycles. The molecule has 1 saturated heterocycles. The molecule has 7 heteroatoms. The highest BCUT2D eigenvalue weighted by molar-refractivity contribution is 6.39. The minimum atomic E-state index is -0.804. The third kappa shape index (κ3) is 4.13. The van der Waals surface area contributed by atoms with Crippen LogP contribution in [0.2, 0.25) is 0 Å². The molecule has 0 radical (unpaired) electrons. The topological polar surface area (TPSA) is 75.7 Å².